The molecule has 1 N–H and O–H groups in total. The Morgan fingerprint density at radius 3 is 2.43 bits per heavy atom. The van der Waals surface area contributed by atoms with Crippen molar-refractivity contribution in [3.8, 4) is 22.9 Å². The Morgan fingerprint density at radius 2 is 1.77 bits per heavy atom. The summed E-state index contributed by atoms with van der Waals surface area (Å²) < 4.78 is 26.8. The van der Waals surface area contributed by atoms with E-state index in [9.17, 15) is 9.50 Å². The first kappa shape index (κ1) is 25.3. The van der Waals surface area contributed by atoms with Crippen LogP contribution in [0.15, 0.2) is 54.6 Å². The normalized spacial score (nSPS) is 15.6. The van der Waals surface area contributed by atoms with E-state index in [0.717, 1.165) is 29.9 Å². The summed E-state index contributed by atoms with van der Waals surface area (Å²) in [6.07, 6.45) is -0.492. The number of aliphatic hydroxyl groups excluding tert-OH is 1. The van der Waals surface area contributed by atoms with Crippen molar-refractivity contribution in [3.05, 3.63) is 66.0 Å². The Hall–Kier alpha value is -2.78. The SMILES string of the molecule is CC(C)N(Cc1c(-c2ccccc2)nn(C)c1Oc1ccc(F)cc1)C[C@H](O)CN1CCOCC1. The number of benzene rings is 2. The number of aliphatic hydroxyl groups is 1. The molecule has 4 rings (SSSR count). The summed E-state index contributed by atoms with van der Waals surface area (Å²) in [4.78, 5) is 4.49. The van der Waals surface area contributed by atoms with Crippen LogP contribution in [-0.2, 0) is 18.3 Å². The zero-order valence-corrected chi connectivity index (χ0v) is 20.7. The van der Waals surface area contributed by atoms with E-state index in [1.807, 2.05) is 37.4 Å². The number of nitrogens with zero attached hydrogens (tertiary/aromatic N) is 4. The third kappa shape index (κ3) is 6.67. The predicted octanol–water partition coefficient (Wildman–Crippen LogP) is 3.92. The molecule has 7 nitrogen and oxygen atoms in total. The van der Waals surface area contributed by atoms with Gasteiger partial charge in [0.1, 0.15) is 17.3 Å². The van der Waals surface area contributed by atoms with Crippen molar-refractivity contribution < 1.29 is 19.0 Å². The van der Waals surface area contributed by atoms with Crippen LogP contribution in [0.3, 0.4) is 0 Å². The molecule has 1 fully saturated rings. The number of ether oxygens (including phenoxy) is 2. The number of aryl methyl sites for hydroxylation is 1. The number of aromatic nitrogens is 2. The van der Waals surface area contributed by atoms with Crippen LogP contribution in [0.2, 0.25) is 0 Å². The maximum atomic E-state index is 13.4. The molecule has 0 radical (unpaired) electrons. The van der Waals surface area contributed by atoms with Crippen LogP contribution >= 0.6 is 0 Å². The minimum Gasteiger partial charge on any atom is -0.439 e. The quantitative estimate of drug-likeness (QED) is 0.473. The van der Waals surface area contributed by atoms with Crippen LogP contribution in [0.5, 0.6) is 11.6 Å². The summed E-state index contributed by atoms with van der Waals surface area (Å²) >= 11 is 0. The highest BCUT2D eigenvalue weighted by atomic mass is 19.1. The van der Waals surface area contributed by atoms with Gasteiger partial charge in [-0.3, -0.25) is 9.80 Å². The van der Waals surface area contributed by atoms with Crippen LogP contribution in [0.4, 0.5) is 4.39 Å². The van der Waals surface area contributed by atoms with E-state index in [-0.39, 0.29) is 11.9 Å². The zero-order valence-electron chi connectivity index (χ0n) is 20.7. The Labute approximate surface area is 206 Å². The smallest absolute Gasteiger partial charge is 0.222 e. The van der Waals surface area contributed by atoms with Gasteiger partial charge in [0.05, 0.1) is 24.9 Å². The van der Waals surface area contributed by atoms with Gasteiger partial charge in [0.2, 0.25) is 5.88 Å². The van der Waals surface area contributed by atoms with E-state index in [2.05, 4.69) is 23.6 Å². The summed E-state index contributed by atoms with van der Waals surface area (Å²) in [6, 6.07) is 16.2. The van der Waals surface area contributed by atoms with Crippen molar-refractivity contribution >= 4 is 0 Å². The Kier molecular flexibility index (Phi) is 8.51. The number of rotatable bonds is 10. The van der Waals surface area contributed by atoms with E-state index < -0.39 is 6.10 Å². The molecule has 3 aromatic rings. The van der Waals surface area contributed by atoms with Crippen molar-refractivity contribution in [2.45, 2.75) is 32.5 Å². The third-order valence-electron chi connectivity index (χ3n) is 6.27. The average molecular weight is 483 g/mol. The van der Waals surface area contributed by atoms with Crippen molar-refractivity contribution in [2.24, 2.45) is 7.05 Å². The molecule has 0 saturated carbocycles. The summed E-state index contributed by atoms with van der Waals surface area (Å²) in [7, 11) is 1.85. The molecular weight excluding hydrogens is 447 g/mol. The molecule has 188 valence electrons. The molecule has 0 spiro atoms. The molecule has 1 aromatic heterocycles. The zero-order chi connectivity index (χ0) is 24.8. The Balaban J connectivity index is 1.61. The molecule has 0 amide bonds. The van der Waals surface area contributed by atoms with Gasteiger partial charge in [-0.1, -0.05) is 30.3 Å². The van der Waals surface area contributed by atoms with Gasteiger partial charge in [0, 0.05) is 51.4 Å². The molecule has 35 heavy (non-hydrogen) atoms. The second-order valence-electron chi connectivity index (χ2n) is 9.27. The van der Waals surface area contributed by atoms with Crippen molar-refractivity contribution in [1.82, 2.24) is 19.6 Å². The number of morpholine rings is 1. The van der Waals surface area contributed by atoms with E-state index >= 15 is 0 Å². The van der Waals surface area contributed by atoms with Crippen LogP contribution in [0, 0.1) is 5.82 Å². The molecule has 2 heterocycles. The molecule has 8 heteroatoms. The lowest BCUT2D eigenvalue weighted by Crippen LogP contribution is -2.45. The van der Waals surface area contributed by atoms with Gasteiger partial charge in [0.15, 0.2) is 0 Å². The van der Waals surface area contributed by atoms with E-state index in [1.165, 1.54) is 12.1 Å². The molecule has 0 aliphatic carbocycles. The van der Waals surface area contributed by atoms with Gasteiger partial charge in [-0.2, -0.15) is 5.10 Å². The number of hydrogen-bond acceptors (Lipinski definition) is 6. The fourth-order valence-corrected chi connectivity index (χ4v) is 4.34. The van der Waals surface area contributed by atoms with E-state index in [1.54, 1.807) is 16.8 Å². The van der Waals surface area contributed by atoms with Crippen LogP contribution in [0.25, 0.3) is 11.3 Å². The highest BCUT2D eigenvalue weighted by Gasteiger charge is 2.25. The summed E-state index contributed by atoms with van der Waals surface area (Å²) in [6.45, 7) is 9.04. The molecule has 2 aromatic carbocycles. The summed E-state index contributed by atoms with van der Waals surface area (Å²) in [5, 5.41) is 15.7. The fourth-order valence-electron chi connectivity index (χ4n) is 4.34. The molecule has 1 saturated heterocycles. The average Bonchev–Trinajstić information content (AvgIpc) is 3.16. The molecule has 0 unspecified atom stereocenters. The van der Waals surface area contributed by atoms with Crippen LogP contribution in [-0.4, -0.2) is 76.2 Å². The second-order valence-corrected chi connectivity index (χ2v) is 9.27. The minimum absolute atomic E-state index is 0.192. The first-order valence-corrected chi connectivity index (χ1v) is 12.2. The molecule has 0 bridgehead atoms. The fraction of sp³-hybridized carbons (Fsp3) is 0.444. The van der Waals surface area contributed by atoms with Gasteiger partial charge in [-0.25, -0.2) is 9.07 Å². The second kappa shape index (κ2) is 11.8. The maximum absolute atomic E-state index is 13.4. The Bertz CT molecular complexity index is 1070. The van der Waals surface area contributed by atoms with Gasteiger partial charge in [-0.05, 0) is 38.1 Å². The van der Waals surface area contributed by atoms with Gasteiger partial charge in [-0.15, -0.1) is 0 Å². The number of halogens is 1. The van der Waals surface area contributed by atoms with Gasteiger partial charge < -0.3 is 14.6 Å². The third-order valence-corrected chi connectivity index (χ3v) is 6.27. The summed E-state index contributed by atoms with van der Waals surface area (Å²) in [5.41, 5.74) is 2.75. The van der Waals surface area contributed by atoms with Crippen molar-refractivity contribution in [2.75, 3.05) is 39.4 Å². The lowest BCUT2D eigenvalue weighted by atomic mass is 10.1. The monoisotopic (exact) mass is 482 g/mol. The molecule has 1 aliphatic rings. The lowest BCUT2D eigenvalue weighted by Gasteiger charge is -2.33. The molecular formula is C27H35FN4O3. The summed E-state index contributed by atoms with van der Waals surface area (Å²) in [5.74, 6) is 0.829. The highest BCUT2D eigenvalue weighted by molar-refractivity contribution is 5.65. The van der Waals surface area contributed by atoms with Gasteiger partial charge >= 0.3 is 0 Å². The van der Waals surface area contributed by atoms with E-state index in [0.29, 0.717) is 44.5 Å². The van der Waals surface area contributed by atoms with Crippen molar-refractivity contribution in [1.29, 1.82) is 0 Å². The lowest BCUT2D eigenvalue weighted by molar-refractivity contribution is 0.00340. The first-order valence-electron chi connectivity index (χ1n) is 12.2. The standard InChI is InChI=1S/C27H35FN4O3/c1-20(2)32(18-23(33)17-31-13-15-34-16-14-31)19-25-26(21-7-5-4-6-8-21)29-30(3)27(25)35-24-11-9-22(28)10-12-24/h4-12,20,23,33H,13-19H2,1-3H3/t23-/m1/s1. The topological polar surface area (TPSA) is 63.0 Å². The Morgan fingerprint density at radius 1 is 1.09 bits per heavy atom. The van der Waals surface area contributed by atoms with Crippen LogP contribution < -0.4 is 4.74 Å². The predicted molar refractivity (Wildman–Crippen MR) is 134 cm³/mol. The van der Waals surface area contributed by atoms with E-state index in [4.69, 9.17) is 14.6 Å². The highest BCUT2D eigenvalue weighted by Crippen LogP contribution is 2.34. The number of β-amino-alcohol motifs (C(OH)–C–C–N with tert-alkyl or cyclic N) is 1. The molecule has 1 aliphatic heterocycles. The maximum Gasteiger partial charge on any atom is 0.222 e. The van der Waals surface area contributed by atoms with Gasteiger partial charge in [0.25, 0.3) is 0 Å². The van der Waals surface area contributed by atoms with Crippen molar-refractivity contribution in [3.63, 3.8) is 0 Å². The first-order chi connectivity index (χ1) is 16.9. The molecule has 1 atom stereocenters. The number of hydrogen-bond donors (Lipinski definition) is 1. The largest absolute Gasteiger partial charge is 0.439 e. The minimum atomic E-state index is -0.492. The van der Waals surface area contributed by atoms with Crippen LogP contribution in [0.1, 0.15) is 19.4 Å².